The van der Waals surface area contributed by atoms with Gasteiger partial charge < -0.3 is 18.9 Å². The summed E-state index contributed by atoms with van der Waals surface area (Å²) in [5.41, 5.74) is 1.90. The topological polar surface area (TPSA) is 88.4 Å². The van der Waals surface area contributed by atoms with Gasteiger partial charge in [0.2, 0.25) is 0 Å². The van der Waals surface area contributed by atoms with Crippen LogP contribution in [0.15, 0.2) is 57.5 Å². The van der Waals surface area contributed by atoms with Crippen molar-refractivity contribution in [2.75, 3.05) is 26.9 Å². The molecule has 3 aromatic rings. The predicted molar refractivity (Wildman–Crippen MR) is 147 cm³/mol. The van der Waals surface area contributed by atoms with Gasteiger partial charge in [-0.15, -0.1) is 0 Å². The highest BCUT2D eigenvalue weighted by molar-refractivity contribution is 7.07. The molecule has 0 saturated carbocycles. The van der Waals surface area contributed by atoms with E-state index in [0.29, 0.717) is 61.7 Å². The number of thiazole rings is 1. The average molecular weight is 557 g/mol. The summed E-state index contributed by atoms with van der Waals surface area (Å²) in [5.74, 6) is 1.11. The monoisotopic (exact) mass is 556 g/mol. The van der Waals surface area contributed by atoms with E-state index in [1.54, 1.807) is 51.3 Å². The van der Waals surface area contributed by atoms with E-state index in [1.807, 2.05) is 26.0 Å². The number of carbonyl (C=O) groups excluding carboxylic acids is 1. The lowest BCUT2D eigenvalue weighted by Crippen LogP contribution is -2.40. The first-order chi connectivity index (χ1) is 18.3. The number of methoxy groups -OCH3 is 1. The van der Waals surface area contributed by atoms with E-state index in [-0.39, 0.29) is 12.2 Å². The Bertz CT molecular complexity index is 1570. The van der Waals surface area contributed by atoms with E-state index in [0.717, 1.165) is 5.56 Å². The van der Waals surface area contributed by atoms with Gasteiger partial charge in [0.15, 0.2) is 16.3 Å². The Morgan fingerprint density at radius 3 is 2.42 bits per heavy atom. The smallest absolute Gasteiger partial charge is 0.338 e. The molecular formula is C28H29ClN2O6S. The zero-order valence-corrected chi connectivity index (χ0v) is 23.4. The summed E-state index contributed by atoms with van der Waals surface area (Å²) >= 11 is 7.60. The molecule has 4 rings (SSSR count). The van der Waals surface area contributed by atoms with Crippen molar-refractivity contribution in [3.8, 4) is 17.2 Å². The molecule has 0 radical (unpaired) electrons. The van der Waals surface area contributed by atoms with E-state index >= 15 is 0 Å². The molecule has 0 bridgehead atoms. The van der Waals surface area contributed by atoms with Crippen molar-refractivity contribution in [3.05, 3.63) is 83.5 Å². The van der Waals surface area contributed by atoms with Crippen LogP contribution < -0.4 is 29.1 Å². The van der Waals surface area contributed by atoms with Gasteiger partial charge in [-0.1, -0.05) is 35.1 Å². The highest BCUT2D eigenvalue weighted by Gasteiger charge is 2.34. The van der Waals surface area contributed by atoms with E-state index in [2.05, 4.69) is 4.99 Å². The standard InChI is InChI=1S/C28H29ClN2O6S/c1-6-35-20-11-9-17(13-19(20)29)14-23-26(32)31-25(18-10-12-21(34-5)22(15-18)36-7-2)24(27(33)37-8-3)16(4)30-28(31)38-23/h9-15,25H,6-8H2,1-5H3/b23-14-. The molecule has 1 aromatic heterocycles. The maximum absolute atomic E-state index is 13.8. The molecule has 38 heavy (non-hydrogen) atoms. The maximum atomic E-state index is 13.8. The lowest BCUT2D eigenvalue weighted by molar-refractivity contribution is -0.139. The molecule has 1 unspecified atom stereocenters. The maximum Gasteiger partial charge on any atom is 0.338 e. The minimum absolute atomic E-state index is 0.193. The minimum atomic E-state index is -0.763. The zero-order chi connectivity index (χ0) is 27.4. The molecule has 0 spiro atoms. The second-order valence-electron chi connectivity index (χ2n) is 8.27. The molecule has 0 amide bonds. The van der Waals surface area contributed by atoms with Crippen LogP contribution in [0.3, 0.4) is 0 Å². The van der Waals surface area contributed by atoms with Gasteiger partial charge in [0, 0.05) is 0 Å². The van der Waals surface area contributed by atoms with Crippen LogP contribution in [0.25, 0.3) is 6.08 Å². The minimum Gasteiger partial charge on any atom is -0.493 e. The highest BCUT2D eigenvalue weighted by Crippen LogP contribution is 2.36. The van der Waals surface area contributed by atoms with Crippen molar-refractivity contribution < 1.29 is 23.7 Å². The number of ether oxygens (including phenoxy) is 4. The lowest BCUT2D eigenvalue weighted by Gasteiger charge is -2.25. The highest BCUT2D eigenvalue weighted by atomic mass is 35.5. The van der Waals surface area contributed by atoms with Crippen LogP contribution in [0.2, 0.25) is 5.02 Å². The van der Waals surface area contributed by atoms with Gasteiger partial charge >= 0.3 is 5.97 Å². The van der Waals surface area contributed by atoms with Crippen molar-refractivity contribution in [3.63, 3.8) is 0 Å². The molecule has 2 heterocycles. The van der Waals surface area contributed by atoms with Crippen molar-refractivity contribution in [1.82, 2.24) is 4.57 Å². The fourth-order valence-electron chi connectivity index (χ4n) is 4.27. The number of hydrogen-bond donors (Lipinski definition) is 0. The molecule has 10 heteroatoms. The van der Waals surface area contributed by atoms with E-state index < -0.39 is 12.0 Å². The van der Waals surface area contributed by atoms with Gasteiger partial charge in [-0.05, 0) is 69.2 Å². The normalized spacial score (nSPS) is 15.1. The number of halogens is 1. The number of rotatable bonds is 9. The molecule has 1 aliphatic heterocycles. The predicted octanol–water partition coefficient (Wildman–Crippen LogP) is 4.26. The van der Waals surface area contributed by atoms with Crippen LogP contribution in [0.1, 0.15) is 44.9 Å². The quantitative estimate of drug-likeness (QED) is 0.366. The summed E-state index contributed by atoms with van der Waals surface area (Å²) < 4.78 is 24.1. The molecule has 8 nitrogen and oxygen atoms in total. The van der Waals surface area contributed by atoms with Gasteiger partial charge in [0.25, 0.3) is 5.56 Å². The average Bonchev–Trinajstić information content (AvgIpc) is 3.19. The number of fused-ring (bicyclic) bond motifs is 1. The first-order valence-electron chi connectivity index (χ1n) is 12.3. The molecule has 0 saturated heterocycles. The van der Waals surface area contributed by atoms with E-state index in [9.17, 15) is 9.59 Å². The summed E-state index contributed by atoms with van der Waals surface area (Å²) in [6.07, 6.45) is 1.76. The van der Waals surface area contributed by atoms with E-state index in [1.165, 1.54) is 15.9 Å². The van der Waals surface area contributed by atoms with Crippen LogP contribution in [-0.2, 0) is 9.53 Å². The van der Waals surface area contributed by atoms with Gasteiger partial charge in [0.1, 0.15) is 5.75 Å². The molecule has 0 N–H and O–H groups in total. The van der Waals surface area contributed by atoms with Crippen LogP contribution in [0, 0.1) is 0 Å². The largest absolute Gasteiger partial charge is 0.493 e. The summed E-state index contributed by atoms with van der Waals surface area (Å²) in [4.78, 5) is 32.0. The van der Waals surface area contributed by atoms with Gasteiger partial charge in [0.05, 0.1) is 53.8 Å². The number of hydrogen-bond acceptors (Lipinski definition) is 8. The first-order valence-corrected chi connectivity index (χ1v) is 13.4. The Balaban J connectivity index is 1.92. The van der Waals surface area contributed by atoms with Crippen molar-refractivity contribution in [2.24, 2.45) is 4.99 Å². The number of benzene rings is 2. The molecular weight excluding hydrogens is 528 g/mol. The Kier molecular flexibility index (Phi) is 8.58. The SMILES string of the molecule is CCOC(=O)C1=C(C)N=c2s/c(=C\c3ccc(OCC)c(Cl)c3)c(=O)n2C1c1ccc(OC)c(OCC)c1. The number of nitrogens with zero attached hydrogens (tertiary/aromatic N) is 2. The molecule has 1 atom stereocenters. The number of aromatic nitrogens is 1. The Hall–Kier alpha value is -3.56. The second-order valence-corrected chi connectivity index (χ2v) is 9.68. The van der Waals surface area contributed by atoms with Gasteiger partial charge in [-0.25, -0.2) is 9.79 Å². The third kappa shape index (κ3) is 5.35. The zero-order valence-electron chi connectivity index (χ0n) is 21.9. The van der Waals surface area contributed by atoms with Crippen molar-refractivity contribution in [2.45, 2.75) is 33.7 Å². The molecule has 0 aliphatic carbocycles. The fraction of sp³-hybridized carbons (Fsp3) is 0.321. The first kappa shape index (κ1) is 27.5. The molecule has 0 fully saturated rings. The summed E-state index contributed by atoms with van der Waals surface area (Å²) in [6, 6.07) is 9.95. The Labute approximate surface area is 229 Å². The van der Waals surface area contributed by atoms with E-state index in [4.69, 9.17) is 30.5 Å². The van der Waals surface area contributed by atoms with Gasteiger partial charge in [-0.2, -0.15) is 0 Å². The second kappa shape index (κ2) is 11.9. The number of carbonyl (C=O) groups is 1. The number of allylic oxidation sites excluding steroid dienone is 1. The summed E-state index contributed by atoms with van der Waals surface area (Å²) in [5, 5.41) is 0.452. The van der Waals surface area contributed by atoms with Crippen LogP contribution >= 0.6 is 22.9 Å². The van der Waals surface area contributed by atoms with Gasteiger partial charge in [-0.3, -0.25) is 9.36 Å². The Morgan fingerprint density at radius 2 is 1.76 bits per heavy atom. The van der Waals surface area contributed by atoms with Crippen LogP contribution in [0.4, 0.5) is 0 Å². The van der Waals surface area contributed by atoms with Crippen LogP contribution in [-0.4, -0.2) is 37.5 Å². The molecule has 2 aromatic carbocycles. The molecule has 200 valence electrons. The number of esters is 1. The molecule has 1 aliphatic rings. The summed E-state index contributed by atoms with van der Waals surface area (Å²) in [7, 11) is 1.56. The fourth-order valence-corrected chi connectivity index (χ4v) is 5.56. The summed E-state index contributed by atoms with van der Waals surface area (Å²) in [6.45, 7) is 8.35. The van der Waals surface area contributed by atoms with Crippen molar-refractivity contribution >= 4 is 35.0 Å². The van der Waals surface area contributed by atoms with Crippen LogP contribution in [0.5, 0.6) is 17.2 Å². The third-order valence-corrected chi connectivity index (χ3v) is 7.15. The third-order valence-electron chi connectivity index (χ3n) is 5.87. The Morgan fingerprint density at radius 1 is 1.05 bits per heavy atom. The lowest BCUT2D eigenvalue weighted by atomic mass is 9.95. The van der Waals surface area contributed by atoms with Crippen molar-refractivity contribution in [1.29, 1.82) is 0 Å².